The number of thioether (sulfide) groups is 1. The lowest BCUT2D eigenvalue weighted by Gasteiger charge is -2.33. The average Bonchev–Trinajstić information content (AvgIpc) is 3.32. The first kappa shape index (κ1) is 22.4. The number of nitrogens with one attached hydrogen (secondary N) is 2. The molecule has 0 bridgehead atoms. The van der Waals surface area contributed by atoms with Crippen molar-refractivity contribution in [2.45, 2.75) is 24.4 Å². The van der Waals surface area contributed by atoms with Crippen LogP contribution in [0.4, 0.5) is 5.82 Å². The Morgan fingerprint density at radius 3 is 2.71 bits per heavy atom. The monoisotopic (exact) mass is 473 g/mol. The molecule has 0 spiro atoms. The van der Waals surface area contributed by atoms with Crippen molar-refractivity contribution < 1.29 is 4.79 Å². The van der Waals surface area contributed by atoms with Crippen molar-refractivity contribution in [3.8, 4) is 5.69 Å². The van der Waals surface area contributed by atoms with E-state index in [1.165, 1.54) is 10.5 Å². The highest BCUT2D eigenvalue weighted by Crippen LogP contribution is 2.24. The van der Waals surface area contributed by atoms with Crippen molar-refractivity contribution in [1.82, 2.24) is 30.4 Å². The molecule has 1 fully saturated rings. The van der Waals surface area contributed by atoms with Gasteiger partial charge in [-0.2, -0.15) is 0 Å². The molecule has 1 aliphatic heterocycles. The van der Waals surface area contributed by atoms with Gasteiger partial charge in [0.2, 0.25) is 5.91 Å². The van der Waals surface area contributed by atoms with E-state index in [-0.39, 0.29) is 11.9 Å². The molecule has 1 amide bonds. The molecule has 3 heterocycles. The second kappa shape index (κ2) is 9.82. The number of rotatable bonds is 6. The minimum absolute atomic E-state index is 0.0145. The summed E-state index contributed by atoms with van der Waals surface area (Å²) in [6.45, 7) is 4.54. The van der Waals surface area contributed by atoms with Gasteiger partial charge in [0.25, 0.3) is 0 Å². The van der Waals surface area contributed by atoms with Gasteiger partial charge in [-0.05, 0) is 43.0 Å². The number of amides is 1. The van der Waals surface area contributed by atoms with Crippen LogP contribution in [0.5, 0.6) is 0 Å². The summed E-state index contributed by atoms with van der Waals surface area (Å²) in [5, 5.41) is 11.9. The Labute approximate surface area is 202 Å². The van der Waals surface area contributed by atoms with Crippen molar-refractivity contribution in [1.29, 1.82) is 0 Å². The topological polar surface area (TPSA) is 88.0 Å². The number of fused-ring (bicyclic) bond motifs is 1. The molecule has 174 valence electrons. The van der Waals surface area contributed by atoms with Crippen LogP contribution in [0.15, 0.2) is 66.0 Å². The van der Waals surface area contributed by atoms with Gasteiger partial charge >= 0.3 is 0 Å². The molecule has 2 aromatic heterocycles. The fourth-order valence-electron chi connectivity index (χ4n) is 4.08. The van der Waals surface area contributed by atoms with Crippen molar-refractivity contribution in [2.24, 2.45) is 0 Å². The Morgan fingerprint density at radius 2 is 1.94 bits per heavy atom. The number of hydrogen-bond donors (Lipinski definition) is 2. The van der Waals surface area contributed by atoms with E-state index in [2.05, 4.69) is 80.2 Å². The molecule has 0 radical (unpaired) electrons. The highest BCUT2D eigenvalue weighted by Gasteiger charge is 2.27. The van der Waals surface area contributed by atoms with Crippen LogP contribution in [-0.2, 0) is 11.3 Å². The number of aromatic nitrogens is 4. The van der Waals surface area contributed by atoms with Gasteiger partial charge in [0.1, 0.15) is 18.2 Å². The molecular weight excluding hydrogens is 446 g/mol. The zero-order chi connectivity index (χ0) is 23.5. The molecule has 2 N–H and O–H groups in total. The summed E-state index contributed by atoms with van der Waals surface area (Å²) >= 11 is 1.70. The van der Waals surface area contributed by atoms with Crippen LogP contribution in [0.25, 0.3) is 16.7 Å². The van der Waals surface area contributed by atoms with Gasteiger partial charge in [0, 0.05) is 37.3 Å². The zero-order valence-corrected chi connectivity index (χ0v) is 20.0. The van der Waals surface area contributed by atoms with E-state index in [1.54, 1.807) is 18.1 Å². The zero-order valence-electron chi connectivity index (χ0n) is 19.2. The first-order valence-corrected chi connectivity index (χ1v) is 12.5. The van der Waals surface area contributed by atoms with E-state index in [4.69, 9.17) is 0 Å². The largest absolute Gasteiger partial charge is 0.353 e. The molecule has 2 aromatic carbocycles. The number of piperazine rings is 1. The van der Waals surface area contributed by atoms with Crippen LogP contribution in [0.2, 0.25) is 0 Å². The lowest BCUT2D eigenvalue weighted by Crippen LogP contribution is -2.57. The Balaban J connectivity index is 1.30. The van der Waals surface area contributed by atoms with Gasteiger partial charge in [-0.25, -0.2) is 14.6 Å². The molecule has 34 heavy (non-hydrogen) atoms. The molecule has 9 heteroatoms. The van der Waals surface area contributed by atoms with Crippen molar-refractivity contribution in [2.75, 3.05) is 30.8 Å². The van der Waals surface area contributed by atoms with Crippen LogP contribution < -0.4 is 15.5 Å². The summed E-state index contributed by atoms with van der Waals surface area (Å²) in [5.41, 5.74) is 3.89. The highest BCUT2D eigenvalue weighted by molar-refractivity contribution is 7.98. The van der Waals surface area contributed by atoms with Crippen molar-refractivity contribution >= 4 is 34.5 Å². The van der Waals surface area contributed by atoms with Crippen LogP contribution >= 0.6 is 11.8 Å². The maximum atomic E-state index is 12.9. The minimum atomic E-state index is -0.323. The standard InChI is InChI=1S/C25H27N7OS/c1-17-3-7-19(8-4-17)32-14-21-23(30-32)28-16-29-24(21)31-12-11-26-22(15-31)25(33)27-13-18-5-9-20(34-2)10-6-18/h3-10,14,16,22,26H,11-13,15H2,1-2H3,(H,27,33). The Bertz CT molecular complexity index is 1290. The fraction of sp³-hybridized carbons (Fsp3) is 0.280. The minimum Gasteiger partial charge on any atom is -0.353 e. The summed E-state index contributed by atoms with van der Waals surface area (Å²) in [6, 6.07) is 16.1. The highest BCUT2D eigenvalue weighted by atomic mass is 32.2. The van der Waals surface area contributed by atoms with Gasteiger partial charge in [-0.1, -0.05) is 29.8 Å². The summed E-state index contributed by atoms with van der Waals surface area (Å²) in [7, 11) is 0. The molecule has 0 saturated carbocycles. The number of carbonyl (C=O) groups is 1. The molecule has 1 aliphatic rings. The summed E-state index contributed by atoms with van der Waals surface area (Å²) in [5.74, 6) is 0.787. The van der Waals surface area contributed by atoms with E-state index in [0.29, 0.717) is 25.3 Å². The predicted octanol–water partition coefficient (Wildman–Crippen LogP) is 2.94. The molecule has 0 aliphatic carbocycles. The van der Waals surface area contributed by atoms with E-state index < -0.39 is 0 Å². The van der Waals surface area contributed by atoms with Gasteiger partial charge < -0.3 is 15.5 Å². The van der Waals surface area contributed by atoms with Crippen LogP contribution in [0.3, 0.4) is 0 Å². The first-order valence-electron chi connectivity index (χ1n) is 11.3. The SMILES string of the molecule is CSc1ccc(CNC(=O)C2CN(c3ncnc4nn(-c5ccc(C)cc5)cc34)CCN2)cc1. The average molecular weight is 474 g/mol. The maximum absolute atomic E-state index is 12.9. The third-order valence-electron chi connectivity index (χ3n) is 6.01. The van der Waals surface area contributed by atoms with E-state index >= 15 is 0 Å². The Morgan fingerprint density at radius 1 is 1.15 bits per heavy atom. The van der Waals surface area contributed by atoms with E-state index in [9.17, 15) is 4.79 Å². The van der Waals surface area contributed by atoms with E-state index in [1.807, 2.05) is 23.0 Å². The van der Waals surface area contributed by atoms with Gasteiger partial charge in [-0.15, -0.1) is 16.9 Å². The predicted molar refractivity (Wildman–Crippen MR) is 135 cm³/mol. The molecule has 1 atom stereocenters. The maximum Gasteiger partial charge on any atom is 0.239 e. The van der Waals surface area contributed by atoms with Crippen LogP contribution in [0.1, 0.15) is 11.1 Å². The fourth-order valence-corrected chi connectivity index (χ4v) is 4.49. The molecule has 5 rings (SSSR count). The number of hydrogen-bond acceptors (Lipinski definition) is 7. The molecular formula is C25H27N7OS. The first-order chi connectivity index (χ1) is 16.6. The molecule has 1 unspecified atom stereocenters. The Kier molecular flexibility index (Phi) is 6.46. The normalized spacial score (nSPS) is 16.1. The third kappa shape index (κ3) is 4.76. The van der Waals surface area contributed by atoms with Crippen molar-refractivity contribution in [3.05, 3.63) is 72.2 Å². The van der Waals surface area contributed by atoms with Crippen molar-refractivity contribution in [3.63, 3.8) is 0 Å². The number of nitrogens with zero attached hydrogens (tertiary/aromatic N) is 5. The quantitative estimate of drug-likeness (QED) is 0.416. The number of carbonyl (C=O) groups excluding carboxylic acids is 1. The summed E-state index contributed by atoms with van der Waals surface area (Å²) < 4.78 is 1.83. The van der Waals surface area contributed by atoms with Crippen LogP contribution in [-0.4, -0.2) is 57.6 Å². The smallest absolute Gasteiger partial charge is 0.239 e. The third-order valence-corrected chi connectivity index (χ3v) is 6.76. The number of benzene rings is 2. The number of anilines is 1. The van der Waals surface area contributed by atoms with Gasteiger partial charge in [0.15, 0.2) is 5.65 Å². The molecule has 1 saturated heterocycles. The lowest BCUT2D eigenvalue weighted by atomic mass is 10.1. The molecule has 4 aromatic rings. The summed E-state index contributed by atoms with van der Waals surface area (Å²) in [4.78, 5) is 25.2. The van der Waals surface area contributed by atoms with Crippen LogP contribution in [0, 0.1) is 6.92 Å². The number of aryl methyl sites for hydroxylation is 1. The second-order valence-electron chi connectivity index (χ2n) is 8.36. The Hall–Kier alpha value is -3.43. The van der Waals surface area contributed by atoms with Gasteiger partial charge in [-0.3, -0.25) is 4.79 Å². The second-order valence-corrected chi connectivity index (χ2v) is 9.24. The molecule has 8 nitrogen and oxygen atoms in total. The summed E-state index contributed by atoms with van der Waals surface area (Å²) in [6.07, 6.45) is 5.56. The van der Waals surface area contributed by atoms with E-state index in [0.717, 1.165) is 29.0 Å². The lowest BCUT2D eigenvalue weighted by molar-refractivity contribution is -0.123. The van der Waals surface area contributed by atoms with Gasteiger partial charge in [0.05, 0.1) is 11.1 Å².